The maximum absolute atomic E-state index is 14.5. The van der Waals surface area contributed by atoms with E-state index in [9.17, 15) is 4.39 Å². The average Bonchev–Trinajstić information content (AvgIpc) is 2.99. The summed E-state index contributed by atoms with van der Waals surface area (Å²) in [5.41, 5.74) is 4.16. The SMILES string of the molecule is Cc1cc2c(F)c(C)cc(-c3nccc4cc(CC(C)C)ccc34)c2o1. The molecular weight excluding hydrogens is 325 g/mol. The molecule has 0 unspecified atom stereocenters. The first-order valence-corrected chi connectivity index (χ1v) is 9.01. The fourth-order valence-electron chi connectivity index (χ4n) is 3.65. The first kappa shape index (κ1) is 16.8. The van der Waals surface area contributed by atoms with Gasteiger partial charge in [-0.3, -0.25) is 4.98 Å². The number of halogens is 1. The van der Waals surface area contributed by atoms with E-state index in [0.29, 0.717) is 28.2 Å². The minimum Gasteiger partial charge on any atom is -0.461 e. The second-order valence-electron chi connectivity index (χ2n) is 7.47. The molecular formula is C23H22FNO. The molecule has 0 atom stereocenters. The van der Waals surface area contributed by atoms with Crippen molar-refractivity contribution in [2.45, 2.75) is 34.1 Å². The molecule has 0 aliphatic rings. The molecule has 4 rings (SSSR count). The van der Waals surface area contributed by atoms with Crippen molar-refractivity contribution in [3.8, 4) is 11.3 Å². The Labute approximate surface area is 152 Å². The van der Waals surface area contributed by atoms with E-state index in [1.54, 1.807) is 13.0 Å². The third kappa shape index (κ3) is 2.78. The molecule has 2 nitrogen and oxygen atoms in total. The number of hydrogen-bond acceptors (Lipinski definition) is 2. The second kappa shape index (κ2) is 6.24. The topological polar surface area (TPSA) is 26.0 Å². The molecule has 0 bridgehead atoms. The van der Waals surface area contributed by atoms with Gasteiger partial charge in [-0.25, -0.2) is 4.39 Å². The standard InChI is InChI=1S/C23H22FNO/c1-13(2)9-16-5-6-18-17(12-16)7-8-25-22(18)20-10-14(3)21(24)19-11-15(4)26-23(19)20/h5-8,10-13H,9H2,1-4H3. The van der Waals surface area contributed by atoms with Gasteiger partial charge >= 0.3 is 0 Å². The van der Waals surface area contributed by atoms with Gasteiger partial charge in [0.25, 0.3) is 0 Å². The highest BCUT2D eigenvalue weighted by Crippen LogP contribution is 2.36. The summed E-state index contributed by atoms with van der Waals surface area (Å²) in [4.78, 5) is 4.62. The molecule has 132 valence electrons. The molecule has 2 aromatic heterocycles. The summed E-state index contributed by atoms with van der Waals surface area (Å²) < 4.78 is 20.3. The first-order valence-electron chi connectivity index (χ1n) is 9.01. The molecule has 0 aliphatic carbocycles. The van der Waals surface area contributed by atoms with E-state index in [4.69, 9.17) is 4.42 Å². The Morgan fingerprint density at radius 1 is 1.04 bits per heavy atom. The Morgan fingerprint density at radius 3 is 2.62 bits per heavy atom. The third-order valence-electron chi connectivity index (χ3n) is 4.77. The third-order valence-corrected chi connectivity index (χ3v) is 4.77. The van der Waals surface area contributed by atoms with Crippen LogP contribution in [-0.2, 0) is 6.42 Å². The minimum absolute atomic E-state index is 0.222. The zero-order valence-electron chi connectivity index (χ0n) is 15.6. The van der Waals surface area contributed by atoms with Crippen LogP contribution >= 0.6 is 0 Å². The number of nitrogens with zero attached hydrogens (tertiary/aromatic N) is 1. The summed E-state index contributed by atoms with van der Waals surface area (Å²) >= 11 is 0. The van der Waals surface area contributed by atoms with Gasteiger partial charge in [0.05, 0.1) is 11.1 Å². The van der Waals surface area contributed by atoms with Gasteiger partial charge in [0.1, 0.15) is 17.2 Å². The predicted octanol–water partition coefficient (Wildman–Crippen LogP) is 6.60. The molecule has 0 fully saturated rings. The van der Waals surface area contributed by atoms with Crippen LogP contribution in [0.5, 0.6) is 0 Å². The number of hydrogen-bond donors (Lipinski definition) is 0. The van der Waals surface area contributed by atoms with Gasteiger partial charge in [-0.05, 0) is 60.9 Å². The predicted molar refractivity (Wildman–Crippen MR) is 105 cm³/mol. The highest BCUT2D eigenvalue weighted by molar-refractivity contribution is 6.02. The Hall–Kier alpha value is -2.68. The van der Waals surface area contributed by atoms with Crippen molar-refractivity contribution in [2.75, 3.05) is 0 Å². The highest BCUT2D eigenvalue weighted by Gasteiger charge is 2.18. The summed E-state index contributed by atoms with van der Waals surface area (Å²) in [5.74, 6) is 1.09. The lowest BCUT2D eigenvalue weighted by atomic mass is 9.96. The summed E-state index contributed by atoms with van der Waals surface area (Å²) in [6, 6.07) is 12.1. The van der Waals surface area contributed by atoms with Crippen LogP contribution in [0.2, 0.25) is 0 Å². The molecule has 0 amide bonds. The molecule has 4 aromatic rings. The van der Waals surface area contributed by atoms with Crippen LogP contribution in [0.25, 0.3) is 33.0 Å². The van der Waals surface area contributed by atoms with Crippen molar-refractivity contribution >= 4 is 21.7 Å². The average molecular weight is 347 g/mol. The maximum atomic E-state index is 14.5. The van der Waals surface area contributed by atoms with Crippen LogP contribution in [0.15, 0.2) is 47.0 Å². The molecule has 0 saturated heterocycles. The van der Waals surface area contributed by atoms with Gasteiger partial charge in [-0.2, -0.15) is 0 Å². The van der Waals surface area contributed by atoms with E-state index >= 15 is 0 Å². The van der Waals surface area contributed by atoms with Crippen LogP contribution < -0.4 is 0 Å². The zero-order valence-corrected chi connectivity index (χ0v) is 15.6. The molecule has 3 heteroatoms. The highest BCUT2D eigenvalue weighted by atomic mass is 19.1. The van der Waals surface area contributed by atoms with Crippen molar-refractivity contribution < 1.29 is 8.81 Å². The molecule has 2 aromatic carbocycles. The molecule has 0 N–H and O–H groups in total. The van der Waals surface area contributed by atoms with E-state index in [0.717, 1.165) is 28.5 Å². The summed E-state index contributed by atoms with van der Waals surface area (Å²) in [7, 11) is 0. The number of aromatic nitrogens is 1. The van der Waals surface area contributed by atoms with Crippen LogP contribution in [0.4, 0.5) is 4.39 Å². The van der Waals surface area contributed by atoms with E-state index in [2.05, 4.69) is 37.0 Å². The molecule has 0 aliphatic heterocycles. The fraction of sp³-hybridized carbons (Fsp3) is 0.261. The number of fused-ring (bicyclic) bond motifs is 2. The largest absolute Gasteiger partial charge is 0.461 e. The smallest absolute Gasteiger partial charge is 0.146 e. The number of pyridine rings is 1. The van der Waals surface area contributed by atoms with Gasteiger partial charge < -0.3 is 4.42 Å². The monoisotopic (exact) mass is 347 g/mol. The molecule has 2 heterocycles. The quantitative estimate of drug-likeness (QED) is 0.417. The van der Waals surface area contributed by atoms with Crippen LogP contribution in [0.3, 0.4) is 0 Å². The first-order chi connectivity index (χ1) is 12.4. The van der Waals surface area contributed by atoms with Crippen LogP contribution in [-0.4, -0.2) is 4.98 Å². The molecule has 26 heavy (non-hydrogen) atoms. The fourth-order valence-corrected chi connectivity index (χ4v) is 3.65. The Morgan fingerprint density at radius 2 is 1.85 bits per heavy atom. The van der Waals surface area contributed by atoms with Crippen molar-refractivity contribution in [1.29, 1.82) is 0 Å². The lowest BCUT2D eigenvalue weighted by molar-refractivity contribution is 0.577. The summed E-state index contributed by atoms with van der Waals surface area (Å²) in [6.07, 6.45) is 2.86. The van der Waals surface area contributed by atoms with E-state index in [1.807, 2.05) is 25.3 Å². The number of furan rings is 1. The van der Waals surface area contributed by atoms with Crippen LogP contribution in [0, 0.1) is 25.6 Å². The Balaban J connectivity index is 1.98. The van der Waals surface area contributed by atoms with Gasteiger partial charge in [0, 0.05) is 17.1 Å². The number of benzene rings is 2. The van der Waals surface area contributed by atoms with Gasteiger partial charge in [0.15, 0.2) is 0 Å². The van der Waals surface area contributed by atoms with E-state index in [1.165, 1.54) is 5.56 Å². The Kier molecular flexibility index (Phi) is 4.03. The lowest BCUT2D eigenvalue weighted by Crippen LogP contribution is -1.95. The minimum atomic E-state index is -0.222. The van der Waals surface area contributed by atoms with Gasteiger partial charge in [0.2, 0.25) is 0 Å². The maximum Gasteiger partial charge on any atom is 0.146 e. The number of rotatable bonds is 3. The Bertz CT molecular complexity index is 1120. The lowest BCUT2D eigenvalue weighted by Gasteiger charge is -2.11. The zero-order chi connectivity index (χ0) is 18.4. The summed E-state index contributed by atoms with van der Waals surface area (Å²) in [5, 5.41) is 2.72. The van der Waals surface area contributed by atoms with Crippen molar-refractivity contribution in [3.05, 3.63) is 65.3 Å². The van der Waals surface area contributed by atoms with E-state index in [-0.39, 0.29) is 5.82 Å². The summed E-state index contributed by atoms with van der Waals surface area (Å²) in [6.45, 7) is 8.07. The van der Waals surface area contributed by atoms with Crippen molar-refractivity contribution in [1.82, 2.24) is 4.98 Å². The molecule has 0 spiro atoms. The second-order valence-corrected chi connectivity index (χ2v) is 7.47. The normalized spacial score (nSPS) is 11.8. The van der Waals surface area contributed by atoms with Gasteiger partial charge in [-0.15, -0.1) is 0 Å². The van der Waals surface area contributed by atoms with Gasteiger partial charge in [-0.1, -0.05) is 32.0 Å². The van der Waals surface area contributed by atoms with E-state index < -0.39 is 0 Å². The molecule has 0 radical (unpaired) electrons. The van der Waals surface area contributed by atoms with Crippen LogP contribution in [0.1, 0.15) is 30.7 Å². The van der Waals surface area contributed by atoms with Crippen molar-refractivity contribution in [2.24, 2.45) is 5.92 Å². The van der Waals surface area contributed by atoms with Crippen molar-refractivity contribution in [3.63, 3.8) is 0 Å². The molecule has 0 saturated carbocycles. The number of aryl methyl sites for hydroxylation is 2.